The van der Waals surface area contributed by atoms with E-state index in [2.05, 4.69) is 4.98 Å². The van der Waals surface area contributed by atoms with E-state index in [1.807, 2.05) is 0 Å². The van der Waals surface area contributed by atoms with Crippen LogP contribution < -0.4 is 0 Å². The molecule has 0 spiro atoms. The number of halogens is 2. The number of carbonyl (C=O) groups excluding carboxylic acids is 2. The van der Waals surface area contributed by atoms with Gasteiger partial charge in [0.05, 0.1) is 39.6 Å². The molecule has 1 aliphatic carbocycles. The number of aromatic nitrogens is 2. The maximum Gasteiger partial charge on any atom is 0.358 e. The van der Waals surface area contributed by atoms with Crippen molar-refractivity contribution in [1.82, 2.24) is 14.5 Å². The Morgan fingerprint density at radius 2 is 2.07 bits per heavy atom. The van der Waals surface area contributed by atoms with Crippen molar-refractivity contribution in [2.45, 2.75) is 31.7 Å². The van der Waals surface area contributed by atoms with Gasteiger partial charge in [-0.1, -0.05) is 23.2 Å². The Morgan fingerprint density at radius 3 is 2.85 bits per heavy atom. The molecule has 1 atom stereocenters. The average Bonchev–Trinajstić information content (AvgIpc) is 3.21. The van der Waals surface area contributed by atoms with E-state index in [0.29, 0.717) is 41.0 Å². The van der Waals surface area contributed by atoms with Crippen LogP contribution in [0.4, 0.5) is 0 Å². The van der Waals surface area contributed by atoms with Crippen LogP contribution >= 0.6 is 23.2 Å². The van der Waals surface area contributed by atoms with E-state index < -0.39 is 5.97 Å². The average molecular weight is 406 g/mol. The summed E-state index contributed by atoms with van der Waals surface area (Å²) in [7, 11) is 0. The summed E-state index contributed by atoms with van der Waals surface area (Å²) in [4.78, 5) is 32.0. The van der Waals surface area contributed by atoms with E-state index in [1.54, 1.807) is 27.9 Å². The van der Waals surface area contributed by atoms with Crippen molar-refractivity contribution in [3.05, 3.63) is 45.5 Å². The molecule has 5 rings (SSSR count). The van der Waals surface area contributed by atoms with Crippen LogP contribution in [-0.4, -0.2) is 39.5 Å². The van der Waals surface area contributed by atoms with Gasteiger partial charge in [-0.3, -0.25) is 9.36 Å². The number of esters is 1. The predicted octanol–water partition coefficient (Wildman–Crippen LogP) is 4.04. The molecule has 1 saturated carbocycles. The molecule has 1 aromatic carbocycles. The summed E-state index contributed by atoms with van der Waals surface area (Å²) in [5, 5.41) is 0.552. The number of carbonyl (C=O) groups is 2. The van der Waals surface area contributed by atoms with Crippen molar-refractivity contribution >= 4 is 35.1 Å². The molecular formula is C19H17Cl2N3O3. The number of nitrogens with zero attached hydrogens (tertiary/aromatic N) is 3. The minimum absolute atomic E-state index is 0.166. The largest absolute Gasteiger partial charge is 0.461 e. The number of fused-ring (bicyclic) bond motifs is 5. The second-order valence-electron chi connectivity index (χ2n) is 7.30. The fourth-order valence-corrected chi connectivity index (χ4v) is 4.35. The van der Waals surface area contributed by atoms with E-state index in [0.717, 1.165) is 25.7 Å². The standard InChI is InChI=1S/C19H17Cl2N3O3/c20-11-5-6-12-14(15(11)21)18(25)23-7-1-2-13(23)17-16(22-9-24(12)17)19(26)27-8-10-3-4-10/h5-6,9-10,13H,1-4,7-8H2/t13-/m0/s1. The van der Waals surface area contributed by atoms with Crippen molar-refractivity contribution in [2.75, 3.05) is 13.2 Å². The normalized spacial score (nSPS) is 20.7. The van der Waals surface area contributed by atoms with Crippen LogP contribution in [0, 0.1) is 5.92 Å². The van der Waals surface area contributed by atoms with Crippen LogP contribution in [0.3, 0.4) is 0 Å². The van der Waals surface area contributed by atoms with Crippen molar-refractivity contribution in [3.8, 4) is 5.69 Å². The topological polar surface area (TPSA) is 64.4 Å². The lowest BCUT2D eigenvalue weighted by molar-refractivity contribution is 0.0473. The minimum Gasteiger partial charge on any atom is -0.461 e. The molecule has 1 saturated heterocycles. The Labute approximate surface area is 166 Å². The third kappa shape index (κ3) is 2.65. The lowest BCUT2D eigenvalue weighted by Crippen LogP contribution is -2.30. The zero-order valence-corrected chi connectivity index (χ0v) is 16.0. The quantitative estimate of drug-likeness (QED) is 0.722. The molecule has 1 amide bonds. The Morgan fingerprint density at radius 1 is 1.26 bits per heavy atom. The summed E-state index contributed by atoms with van der Waals surface area (Å²) in [5.41, 5.74) is 1.91. The molecule has 6 nitrogen and oxygen atoms in total. The van der Waals surface area contributed by atoms with Crippen LogP contribution in [0.15, 0.2) is 18.5 Å². The first-order valence-electron chi connectivity index (χ1n) is 9.10. The molecule has 0 bridgehead atoms. The molecule has 0 unspecified atom stereocenters. The monoisotopic (exact) mass is 405 g/mol. The molecule has 0 N–H and O–H groups in total. The highest BCUT2D eigenvalue weighted by Crippen LogP contribution is 2.43. The van der Waals surface area contributed by atoms with Gasteiger partial charge >= 0.3 is 5.97 Å². The second-order valence-corrected chi connectivity index (χ2v) is 8.09. The Hall–Kier alpha value is -2.05. The van der Waals surface area contributed by atoms with Gasteiger partial charge in [-0.05, 0) is 43.7 Å². The van der Waals surface area contributed by atoms with Gasteiger partial charge in [-0.2, -0.15) is 0 Å². The number of ether oxygens (including phenoxy) is 1. The van der Waals surface area contributed by atoms with Gasteiger partial charge < -0.3 is 9.64 Å². The smallest absolute Gasteiger partial charge is 0.358 e. The number of benzene rings is 1. The van der Waals surface area contributed by atoms with Crippen molar-refractivity contribution in [1.29, 1.82) is 0 Å². The molecule has 3 heterocycles. The van der Waals surface area contributed by atoms with Crippen molar-refractivity contribution < 1.29 is 14.3 Å². The molecule has 0 radical (unpaired) electrons. The lowest BCUT2D eigenvalue weighted by Gasteiger charge is -2.23. The molecule has 27 heavy (non-hydrogen) atoms. The molecule has 3 aliphatic rings. The summed E-state index contributed by atoms with van der Waals surface area (Å²) < 4.78 is 7.25. The number of hydrogen-bond donors (Lipinski definition) is 0. The van der Waals surface area contributed by atoms with Gasteiger partial charge in [0.1, 0.15) is 6.33 Å². The first-order chi connectivity index (χ1) is 13.1. The Bertz CT molecular complexity index is 967. The van der Waals surface area contributed by atoms with Gasteiger partial charge in [0.2, 0.25) is 0 Å². The van der Waals surface area contributed by atoms with Crippen LogP contribution in [-0.2, 0) is 4.74 Å². The van der Waals surface area contributed by atoms with Crippen molar-refractivity contribution in [2.24, 2.45) is 5.92 Å². The highest BCUT2D eigenvalue weighted by molar-refractivity contribution is 6.44. The van der Waals surface area contributed by atoms with Gasteiger partial charge in [0.15, 0.2) is 5.69 Å². The molecule has 2 fully saturated rings. The van der Waals surface area contributed by atoms with Crippen LogP contribution in [0.5, 0.6) is 0 Å². The maximum atomic E-state index is 13.2. The van der Waals surface area contributed by atoms with Gasteiger partial charge in [-0.15, -0.1) is 0 Å². The van der Waals surface area contributed by atoms with Crippen LogP contribution in [0.2, 0.25) is 10.0 Å². The summed E-state index contributed by atoms with van der Waals surface area (Å²) in [6, 6.07) is 3.17. The maximum absolute atomic E-state index is 13.2. The number of rotatable bonds is 3. The zero-order valence-electron chi connectivity index (χ0n) is 14.5. The number of hydrogen-bond acceptors (Lipinski definition) is 4. The SMILES string of the molecule is O=C(OCC1CC1)c1ncn2c1[C@@H]1CCCN1C(=O)c1c-2ccc(Cl)c1Cl. The highest BCUT2D eigenvalue weighted by atomic mass is 35.5. The summed E-state index contributed by atoms with van der Waals surface area (Å²) >= 11 is 12.6. The number of amides is 1. The third-order valence-corrected chi connectivity index (χ3v) is 6.32. The molecular weight excluding hydrogens is 389 g/mol. The van der Waals surface area contributed by atoms with Gasteiger partial charge in [-0.25, -0.2) is 9.78 Å². The summed E-state index contributed by atoms with van der Waals surface area (Å²) in [6.07, 6.45) is 5.39. The van der Waals surface area contributed by atoms with Crippen molar-refractivity contribution in [3.63, 3.8) is 0 Å². The van der Waals surface area contributed by atoms with E-state index in [1.165, 1.54) is 0 Å². The summed E-state index contributed by atoms with van der Waals surface area (Å²) in [5.74, 6) is -0.124. The first-order valence-corrected chi connectivity index (χ1v) is 9.85. The van der Waals surface area contributed by atoms with E-state index in [-0.39, 0.29) is 22.7 Å². The highest BCUT2D eigenvalue weighted by Gasteiger charge is 2.41. The number of imidazole rings is 1. The predicted molar refractivity (Wildman–Crippen MR) is 99.6 cm³/mol. The van der Waals surface area contributed by atoms with Crippen LogP contribution in [0.1, 0.15) is 58.3 Å². The Balaban J connectivity index is 1.66. The van der Waals surface area contributed by atoms with Gasteiger partial charge in [0.25, 0.3) is 5.91 Å². The minimum atomic E-state index is -0.432. The molecule has 140 valence electrons. The third-order valence-electron chi connectivity index (χ3n) is 5.52. The first kappa shape index (κ1) is 17.1. The fourth-order valence-electron chi connectivity index (χ4n) is 3.95. The molecule has 2 aromatic rings. The summed E-state index contributed by atoms with van der Waals surface area (Å²) in [6.45, 7) is 1.03. The van der Waals surface area contributed by atoms with E-state index >= 15 is 0 Å². The zero-order chi connectivity index (χ0) is 18.7. The van der Waals surface area contributed by atoms with E-state index in [4.69, 9.17) is 27.9 Å². The molecule has 8 heteroatoms. The second kappa shape index (κ2) is 6.24. The van der Waals surface area contributed by atoms with Gasteiger partial charge in [0, 0.05) is 6.54 Å². The Kier molecular flexibility index (Phi) is 3.95. The van der Waals surface area contributed by atoms with Crippen LogP contribution in [0.25, 0.3) is 5.69 Å². The van der Waals surface area contributed by atoms with E-state index in [9.17, 15) is 9.59 Å². The molecule has 1 aromatic heterocycles. The fraction of sp³-hybridized carbons (Fsp3) is 0.421. The lowest BCUT2D eigenvalue weighted by atomic mass is 10.1. The molecule has 2 aliphatic heterocycles.